The van der Waals surface area contributed by atoms with Gasteiger partial charge in [0.2, 0.25) is 0 Å². The van der Waals surface area contributed by atoms with E-state index < -0.39 is 0 Å². The van der Waals surface area contributed by atoms with Gasteiger partial charge < -0.3 is 15.3 Å². The predicted molar refractivity (Wildman–Crippen MR) is 59.4 cm³/mol. The third-order valence-corrected chi connectivity index (χ3v) is 3.17. The summed E-state index contributed by atoms with van der Waals surface area (Å²) in [6, 6.07) is 0.722. The summed E-state index contributed by atoms with van der Waals surface area (Å²) in [4.78, 5) is 2.33. The van der Waals surface area contributed by atoms with Gasteiger partial charge in [-0.15, -0.1) is 0 Å². The van der Waals surface area contributed by atoms with Crippen LogP contribution in [-0.2, 0) is 0 Å². The van der Waals surface area contributed by atoms with E-state index in [0.29, 0.717) is 0 Å². The lowest BCUT2D eigenvalue weighted by molar-refractivity contribution is 0.0987. The summed E-state index contributed by atoms with van der Waals surface area (Å²) in [5.41, 5.74) is 0. The van der Waals surface area contributed by atoms with Crippen molar-refractivity contribution in [3.63, 3.8) is 0 Å². The first kappa shape index (κ1) is 12.0. The molecule has 0 aliphatic heterocycles. The molecule has 1 fully saturated rings. The summed E-state index contributed by atoms with van der Waals surface area (Å²) in [6.07, 6.45) is 6.04. The fourth-order valence-corrected chi connectivity index (χ4v) is 2.23. The summed E-state index contributed by atoms with van der Waals surface area (Å²) >= 11 is 0. The number of likely N-dealkylation sites (N-methyl/N-ethyl adjacent to an activating group) is 1. The van der Waals surface area contributed by atoms with Crippen LogP contribution >= 0.6 is 0 Å². The van der Waals surface area contributed by atoms with E-state index in [9.17, 15) is 5.11 Å². The van der Waals surface area contributed by atoms with Crippen LogP contribution < -0.4 is 5.32 Å². The fraction of sp³-hybridized carbons (Fsp3) is 1.00. The molecule has 1 saturated carbocycles. The number of nitrogens with one attached hydrogen (secondary N) is 1. The predicted octanol–water partition coefficient (Wildman–Crippen LogP) is 0.831. The number of hydrogen-bond donors (Lipinski definition) is 2. The highest BCUT2D eigenvalue weighted by Crippen LogP contribution is 2.22. The van der Waals surface area contributed by atoms with Crippen molar-refractivity contribution in [2.24, 2.45) is 0 Å². The molecule has 0 saturated heterocycles. The first-order valence-electron chi connectivity index (χ1n) is 5.77. The topological polar surface area (TPSA) is 35.5 Å². The SMILES string of the molecule is CNCCC(O)CN(C)C1CCCC1. The van der Waals surface area contributed by atoms with Crippen LogP contribution in [0.3, 0.4) is 0 Å². The molecule has 84 valence electrons. The standard InChI is InChI=1S/C11H24N2O/c1-12-8-7-11(14)9-13(2)10-5-3-4-6-10/h10-12,14H,3-9H2,1-2H3. The molecule has 0 amide bonds. The molecule has 3 heteroatoms. The van der Waals surface area contributed by atoms with E-state index in [1.54, 1.807) is 0 Å². The first-order chi connectivity index (χ1) is 6.74. The van der Waals surface area contributed by atoms with Crippen LogP contribution in [0.25, 0.3) is 0 Å². The number of aliphatic hydroxyl groups excluding tert-OH is 1. The minimum Gasteiger partial charge on any atom is -0.392 e. The van der Waals surface area contributed by atoms with Crippen molar-refractivity contribution in [1.29, 1.82) is 0 Å². The van der Waals surface area contributed by atoms with Crippen LogP contribution in [0.4, 0.5) is 0 Å². The molecule has 0 radical (unpaired) electrons. The monoisotopic (exact) mass is 200 g/mol. The lowest BCUT2D eigenvalue weighted by Crippen LogP contribution is -2.36. The summed E-state index contributed by atoms with van der Waals surface area (Å²) in [7, 11) is 4.06. The number of nitrogens with zero attached hydrogens (tertiary/aromatic N) is 1. The van der Waals surface area contributed by atoms with Crippen LogP contribution in [0.2, 0.25) is 0 Å². The third kappa shape index (κ3) is 3.95. The molecule has 1 rings (SSSR count). The first-order valence-corrected chi connectivity index (χ1v) is 5.77. The molecule has 0 bridgehead atoms. The second-order valence-corrected chi connectivity index (χ2v) is 4.42. The van der Waals surface area contributed by atoms with E-state index in [0.717, 1.165) is 25.6 Å². The number of hydrogen-bond acceptors (Lipinski definition) is 3. The van der Waals surface area contributed by atoms with Gasteiger partial charge in [-0.3, -0.25) is 0 Å². The summed E-state index contributed by atoms with van der Waals surface area (Å²) < 4.78 is 0. The largest absolute Gasteiger partial charge is 0.392 e. The average Bonchev–Trinajstić information content (AvgIpc) is 2.67. The van der Waals surface area contributed by atoms with Gasteiger partial charge in [0.05, 0.1) is 6.10 Å². The number of aliphatic hydroxyl groups is 1. The lowest BCUT2D eigenvalue weighted by atomic mass is 10.2. The molecular weight excluding hydrogens is 176 g/mol. The Hall–Kier alpha value is -0.120. The molecule has 3 nitrogen and oxygen atoms in total. The highest BCUT2D eigenvalue weighted by atomic mass is 16.3. The van der Waals surface area contributed by atoms with E-state index in [4.69, 9.17) is 0 Å². The van der Waals surface area contributed by atoms with Gasteiger partial charge in [0.1, 0.15) is 0 Å². The second-order valence-electron chi connectivity index (χ2n) is 4.42. The molecule has 0 aromatic carbocycles. The zero-order chi connectivity index (χ0) is 10.4. The molecule has 14 heavy (non-hydrogen) atoms. The number of rotatable bonds is 6. The van der Waals surface area contributed by atoms with Gasteiger partial charge in [-0.05, 0) is 39.9 Å². The Morgan fingerprint density at radius 3 is 2.64 bits per heavy atom. The fourth-order valence-electron chi connectivity index (χ4n) is 2.23. The molecule has 1 atom stereocenters. The van der Waals surface area contributed by atoms with Gasteiger partial charge in [-0.2, -0.15) is 0 Å². The van der Waals surface area contributed by atoms with E-state index in [1.165, 1.54) is 25.7 Å². The Bertz CT molecular complexity index is 146. The highest BCUT2D eigenvalue weighted by molar-refractivity contribution is 4.76. The third-order valence-electron chi connectivity index (χ3n) is 3.17. The van der Waals surface area contributed by atoms with E-state index >= 15 is 0 Å². The molecule has 0 aromatic heterocycles. The van der Waals surface area contributed by atoms with Gasteiger partial charge in [0, 0.05) is 12.6 Å². The molecule has 0 aromatic rings. The van der Waals surface area contributed by atoms with Crippen LogP contribution in [0.1, 0.15) is 32.1 Å². The zero-order valence-electron chi connectivity index (χ0n) is 9.50. The van der Waals surface area contributed by atoms with Gasteiger partial charge in [0.25, 0.3) is 0 Å². The van der Waals surface area contributed by atoms with E-state index in [2.05, 4.69) is 17.3 Å². The highest BCUT2D eigenvalue weighted by Gasteiger charge is 2.20. The van der Waals surface area contributed by atoms with Gasteiger partial charge in [0.15, 0.2) is 0 Å². The zero-order valence-corrected chi connectivity index (χ0v) is 9.50. The molecule has 0 spiro atoms. The van der Waals surface area contributed by atoms with Crippen LogP contribution in [0, 0.1) is 0 Å². The molecule has 1 aliphatic carbocycles. The van der Waals surface area contributed by atoms with Crippen molar-refractivity contribution in [2.45, 2.75) is 44.2 Å². The van der Waals surface area contributed by atoms with E-state index in [-0.39, 0.29) is 6.10 Å². The normalized spacial score (nSPS) is 20.6. The molecule has 0 heterocycles. The lowest BCUT2D eigenvalue weighted by Gasteiger charge is -2.26. The van der Waals surface area contributed by atoms with Crippen LogP contribution in [0.5, 0.6) is 0 Å². The van der Waals surface area contributed by atoms with Crippen molar-refractivity contribution in [2.75, 3.05) is 27.2 Å². The van der Waals surface area contributed by atoms with Crippen LogP contribution in [0.15, 0.2) is 0 Å². The average molecular weight is 200 g/mol. The second kappa shape index (κ2) is 6.38. The van der Waals surface area contributed by atoms with Gasteiger partial charge in [-0.25, -0.2) is 0 Å². The van der Waals surface area contributed by atoms with Gasteiger partial charge >= 0.3 is 0 Å². The van der Waals surface area contributed by atoms with Crippen molar-refractivity contribution in [1.82, 2.24) is 10.2 Å². The molecule has 2 N–H and O–H groups in total. The minimum atomic E-state index is -0.173. The minimum absolute atomic E-state index is 0.173. The Balaban J connectivity index is 2.14. The van der Waals surface area contributed by atoms with Crippen molar-refractivity contribution < 1.29 is 5.11 Å². The maximum atomic E-state index is 9.73. The Morgan fingerprint density at radius 2 is 2.07 bits per heavy atom. The summed E-state index contributed by atoms with van der Waals surface area (Å²) in [6.45, 7) is 1.73. The summed E-state index contributed by atoms with van der Waals surface area (Å²) in [5, 5.41) is 12.8. The Kier molecular flexibility index (Phi) is 5.45. The van der Waals surface area contributed by atoms with Crippen molar-refractivity contribution in [3.05, 3.63) is 0 Å². The maximum absolute atomic E-state index is 9.73. The Morgan fingerprint density at radius 1 is 1.43 bits per heavy atom. The summed E-state index contributed by atoms with van der Waals surface area (Å²) in [5.74, 6) is 0. The van der Waals surface area contributed by atoms with Crippen molar-refractivity contribution in [3.8, 4) is 0 Å². The van der Waals surface area contributed by atoms with Crippen molar-refractivity contribution >= 4 is 0 Å². The molecule has 1 aliphatic rings. The smallest absolute Gasteiger partial charge is 0.0679 e. The Labute approximate surface area is 87.5 Å². The molecule has 1 unspecified atom stereocenters. The maximum Gasteiger partial charge on any atom is 0.0679 e. The quantitative estimate of drug-likeness (QED) is 0.667. The van der Waals surface area contributed by atoms with E-state index in [1.807, 2.05) is 7.05 Å². The van der Waals surface area contributed by atoms with Gasteiger partial charge in [-0.1, -0.05) is 12.8 Å². The molecular formula is C11H24N2O. The van der Waals surface area contributed by atoms with Crippen LogP contribution in [-0.4, -0.2) is 49.3 Å².